The van der Waals surface area contributed by atoms with Gasteiger partial charge >= 0.3 is 11.9 Å². The highest BCUT2D eigenvalue weighted by molar-refractivity contribution is 7.99. The molecule has 0 amide bonds. The van der Waals surface area contributed by atoms with Crippen molar-refractivity contribution in [2.45, 2.75) is 24.7 Å². The van der Waals surface area contributed by atoms with E-state index >= 15 is 0 Å². The number of esters is 2. The number of hydrogen-bond acceptors (Lipinski definition) is 7. The lowest BCUT2D eigenvalue weighted by Crippen LogP contribution is -2.37. The number of H-pyrrole nitrogens is 1. The number of rotatable bonds is 8. The van der Waals surface area contributed by atoms with Crippen LogP contribution < -0.4 is 0 Å². The van der Waals surface area contributed by atoms with Gasteiger partial charge in [0.25, 0.3) is 0 Å². The summed E-state index contributed by atoms with van der Waals surface area (Å²) in [5, 5.41) is 0. The Labute approximate surface area is 151 Å². The molecule has 140 valence electrons. The number of aromatic amines is 1. The number of carbonyl (C=O) groups excluding carboxylic acids is 2. The zero-order chi connectivity index (χ0) is 18.3. The molecule has 0 bridgehead atoms. The zero-order valence-electron chi connectivity index (χ0n) is 14.0. The molecule has 2 heterocycles. The topological polar surface area (TPSA) is 106 Å². The second-order valence-electron chi connectivity index (χ2n) is 5.42. The number of ether oxygens (including phenoxy) is 2. The summed E-state index contributed by atoms with van der Waals surface area (Å²) < 4.78 is 36.1. The number of aromatic nitrogens is 1. The van der Waals surface area contributed by atoms with E-state index in [1.807, 2.05) is 6.92 Å². The van der Waals surface area contributed by atoms with Crippen LogP contribution in [0.1, 0.15) is 30.3 Å². The minimum Gasteiger partial charge on any atom is -0.463 e. The van der Waals surface area contributed by atoms with E-state index in [4.69, 9.17) is 9.47 Å². The van der Waals surface area contributed by atoms with Crippen LogP contribution >= 0.6 is 11.8 Å². The molecule has 0 radical (unpaired) electrons. The number of nitrogens with one attached hydrogen (secondary N) is 1. The first kappa shape index (κ1) is 19.8. The molecule has 1 fully saturated rings. The molecule has 1 N–H and O–H groups in total. The second kappa shape index (κ2) is 9.25. The molecule has 1 aromatic heterocycles. The molecule has 0 saturated carbocycles. The number of nitrogens with zero attached hydrogens (tertiary/aromatic N) is 1. The molecule has 0 aliphatic carbocycles. The van der Waals surface area contributed by atoms with Crippen LogP contribution in [-0.2, 0) is 24.3 Å². The Hall–Kier alpha value is -1.52. The summed E-state index contributed by atoms with van der Waals surface area (Å²) in [5.41, 5.74) is -0.0219. The summed E-state index contributed by atoms with van der Waals surface area (Å²) in [6.45, 7) is 2.63. The van der Waals surface area contributed by atoms with E-state index in [1.165, 1.54) is 16.6 Å². The minimum atomic E-state index is -3.63. The Morgan fingerprint density at radius 1 is 1.28 bits per heavy atom. The van der Waals surface area contributed by atoms with Crippen LogP contribution in [-0.4, -0.2) is 67.5 Å². The van der Waals surface area contributed by atoms with Crippen molar-refractivity contribution in [3.05, 3.63) is 18.0 Å². The summed E-state index contributed by atoms with van der Waals surface area (Å²) in [5.74, 6) is 0.0623. The highest BCUT2D eigenvalue weighted by Crippen LogP contribution is 2.21. The van der Waals surface area contributed by atoms with E-state index in [1.54, 1.807) is 11.8 Å². The molecule has 1 aliphatic heterocycles. The second-order valence-corrected chi connectivity index (χ2v) is 8.58. The van der Waals surface area contributed by atoms with Gasteiger partial charge in [0.15, 0.2) is 6.61 Å². The summed E-state index contributed by atoms with van der Waals surface area (Å²) in [4.78, 5) is 25.9. The third kappa shape index (κ3) is 5.48. The molecule has 1 saturated heterocycles. The molecule has 0 atom stereocenters. The predicted molar refractivity (Wildman–Crippen MR) is 93.0 cm³/mol. The standard InChI is InChI=1S/C15H22N2O6S2/c1-2-3-6-22-14(18)11-23-15(19)13-9-12(10-16-13)25(20,21)17-4-7-24-8-5-17/h9-10,16H,2-8,11H2,1H3. The quantitative estimate of drug-likeness (QED) is 0.526. The van der Waals surface area contributed by atoms with Gasteiger partial charge in [0.05, 0.1) is 6.61 Å². The summed E-state index contributed by atoms with van der Waals surface area (Å²) in [6, 6.07) is 1.22. The van der Waals surface area contributed by atoms with Crippen molar-refractivity contribution in [3.8, 4) is 0 Å². The molecular formula is C15H22N2O6S2. The van der Waals surface area contributed by atoms with Gasteiger partial charge in [-0.25, -0.2) is 18.0 Å². The first-order valence-electron chi connectivity index (χ1n) is 8.04. The maximum atomic E-state index is 12.5. The molecular weight excluding hydrogens is 368 g/mol. The highest BCUT2D eigenvalue weighted by Gasteiger charge is 2.28. The third-order valence-electron chi connectivity index (χ3n) is 3.57. The SMILES string of the molecule is CCCCOC(=O)COC(=O)c1cc(S(=O)(=O)N2CCSCC2)c[nH]1. The van der Waals surface area contributed by atoms with Crippen LogP contribution in [0.3, 0.4) is 0 Å². The number of sulfonamides is 1. The van der Waals surface area contributed by atoms with Gasteiger partial charge in [-0.2, -0.15) is 16.1 Å². The molecule has 0 unspecified atom stereocenters. The van der Waals surface area contributed by atoms with E-state index in [-0.39, 0.29) is 17.2 Å². The number of thioether (sulfide) groups is 1. The van der Waals surface area contributed by atoms with Crippen molar-refractivity contribution in [1.82, 2.24) is 9.29 Å². The molecule has 0 aromatic carbocycles. The molecule has 1 aromatic rings. The van der Waals surface area contributed by atoms with Crippen LogP contribution in [0.5, 0.6) is 0 Å². The Kier molecular flexibility index (Phi) is 7.33. The largest absolute Gasteiger partial charge is 0.463 e. The molecule has 2 rings (SSSR count). The van der Waals surface area contributed by atoms with Gasteiger partial charge in [0.2, 0.25) is 10.0 Å². The fourth-order valence-electron chi connectivity index (χ4n) is 2.15. The average molecular weight is 390 g/mol. The van der Waals surface area contributed by atoms with Gasteiger partial charge in [-0.3, -0.25) is 0 Å². The summed E-state index contributed by atoms with van der Waals surface area (Å²) in [7, 11) is -3.63. The van der Waals surface area contributed by atoms with Crippen LogP contribution in [0.15, 0.2) is 17.2 Å². The third-order valence-corrected chi connectivity index (χ3v) is 6.39. The zero-order valence-corrected chi connectivity index (χ0v) is 15.7. The van der Waals surface area contributed by atoms with E-state index in [0.29, 0.717) is 13.1 Å². The maximum absolute atomic E-state index is 12.5. The van der Waals surface area contributed by atoms with Crippen molar-refractivity contribution in [2.75, 3.05) is 37.8 Å². The van der Waals surface area contributed by atoms with E-state index in [2.05, 4.69) is 4.98 Å². The van der Waals surface area contributed by atoms with Gasteiger partial charge in [0.1, 0.15) is 10.6 Å². The van der Waals surface area contributed by atoms with Gasteiger partial charge in [-0.15, -0.1) is 0 Å². The normalized spacial score (nSPS) is 15.7. The molecule has 10 heteroatoms. The van der Waals surface area contributed by atoms with Crippen molar-refractivity contribution >= 4 is 33.7 Å². The number of carbonyl (C=O) groups is 2. The minimum absolute atomic E-state index is 0.0110. The van der Waals surface area contributed by atoms with E-state index in [9.17, 15) is 18.0 Å². The highest BCUT2D eigenvalue weighted by atomic mass is 32.2. The Morgan fingerprint density at radius 2 is 2.00 bits per heavy atom. The summed E-state index contributed by atoms with van der Waals surface area (Å²) in [6.07, 6.45) is 2.89. The smallest absolute Gasteiger partial charge is 0.355 e. The average Bonchev–Trinajstić information content (AvgIpc) is 3.12. The molecule has 25 heavy (non-hydrogen) atoms. The Morgan fingerprint density at radius 3 is 2.68 bits per heavy atom. The Bertz CT molecular complexity index is 695. The number of hydrogen-bond donors (Lipinski definition) is 1. The fourth-order valence-corrected chi connectivity index (χ4v) is 4.72. The van der Waals surface area contributed by atoms with E-state index < -0.39 is 28.6 Å². The first-order valence-corrected chi connectivity index (χ1v) is 10.6. The molecule has 8 nitrogen and oxygen atoms in total. The van der Waals surface area contributed by atoms with Crippen LogP contribution in [0.2, 0.25) is 0 Å². The van der Waals surface area contributed by atoms with Crippen LogP contribution in [0.25, 0.3) is 0 Å². The lowest BCUT2D eigenvalue weighted by molar-refractivity contribution is -0.147. The van der Waals surface area contributed by atoms with Crippen molar-refractivity contribution in [3.63, 3.8) is 0 Å². The lowest BCUT2D eigenvalue weighted by atomic mass is 10.4. The molecule has 0 spiro atoms. The monoisotopic (exact) mass is 390 g/mol. The van der Waals surface area contributed by atoms with Crippen molar-refractivity contribution in [2.24, 2.45) is 0 Å². The number of unbranched alkanes of at least 4 members (excludes halogenated alkanes) is 1. The van der Waals surface area contributed by atoms with Crippen LogP contribution in [0, 0.1) is 0 Å². The van der Waals surface area contributed by atoms with E-state index in [0.717, 1.165) is 24.3 Å². The first-order chi connectivity index (χ1) is 11.9. The van der Waals surface area contributed by atoms with Crippen LogP contribution in [0.4, 0.5) is 0 Å². The molecule has 1 aliphatic rings. The van der Waals surface area contributed by atoms with Crippen molar-refractivity contribution in [1.29, 1.82) is 0 Å². The Balaban J connectivity index is 1.91. The van der Waals surface area contributed by atoms with Gasteiger partial charge in [-0.1, -0.05) is 13.3 Å². The maximum Gasteiger partial charge on any atom is 0.355 e. The van der Waals surface area contributed by atoms with Crippen molar-refractivity contribution < 1.29 is 27.5 Å². The summed E-state index contributed by atoms with van der Waals surface area (Å²) >= 11 is 1.70. The lowest BCUT2D eigenvalue weighted by Gasteiger charge is -2.24. The fraction of sp³-hybridized carbons (Fsp3) is 0.600. The van der Waals surface area contributed by atoms with Gasteiger partial charge < -0.3 is 14.5 Å². The van der Waals surface area contributed by atoms with Gasteiger partial charge in [0, 0.05) is 30.8 Å². The predicted octanol–water partition coefficient (Wildman–Crippen LogP) is 1.25. The van der Waals surface area contributed by atoms with Gasteiger partial charge in [-0.05, 0) is 12.5 Å².